The molecule has 0 radical (unpaired) electrons. The number of unbranched alkanes of at least 4 members (excludes halogenated alkanes) is 1. The zero-order chi connectivity index (χ0) is 13.0. The maximum Gasteiger partial charge on any atom is 0.0309 e. The van der Waals surface area contributed by atoms with Crippen LogP contribution in [-0.4, -0.2) is 36.1 Å². The number of nitrogens with one attached hydrogen (secondary N) is 1. The standard InChI is InChI=1S/C16H32N2/c1-4-6-8-15(7-5-2)18-12-11-17-16(3,13-18)14-9-10-14/h14-15,17H,4-13H2,1-3H3. The fourth-order valence-electron chi connectivity index (χ4n) is 3.63. The topological polar surface area (TPSA) is 15.3 Å². The van der Waals surface area contributed by atoms with Gasteiger partial charge in [0.25, 0.3) is 0 Å². The summed E-state index contributed by atoms with van der Waals surface area (Å²) in [6.07, 6.45) is 9.76. The Labute approximate surface area is 114 Å². The molecule has 2 unspecified atom stereocenters. The molecule has 2 fully saturated rings. The van der Waals surface area contributed by atoms with Crippen LogP contribution in [0.15, 0.2) is 0 Å². The van der Waals surface area contributed by atoms with Crippen molar-refractivity contribution in [1.29, 1.82) is 0 Å². The van der Waals surface area contributed by atoms with Gasteiger partial charge in [-0.1, -0.05) is 33.1 Å². The van der Waals surface area contributed by atoms with Crippen molar-refractivity contribution in [2.24, 2.45) is 5.92 Å². The van der Waals surface area contributed by atoms with Crippen molar-refractivity contribution >= 4 is 0 Å². The van der Waals surface area contributed by atoms with E-state index in [0.29, 0.717) is 5.54 Å². The Kier molecular flexibility index (Phi) is 5.08. The first-order chi connectivity index (χ1) is 8.69. The molecule has 1 heterocycles. The van der Waals surface area contributed by atoms with Gasteiger partial charge in [0, 0.05) is 31.2 Å². The maximum absolute atomic E-state index is 3.80. The predicted molar refractivity (Wildman–Crippen MR) is 78.9 cm³/mol. The van der Waals surface area contributed by atoms with Gasteiger partial charge in [-0.25, -0.2) is 0 Å². The third-order valence-electron chi connectivity index (χ3n) is 4.97. The highest BCUT2D eigenvalue weighted by Gasteiger charge is 2.44. The first-order valence-electron chi connectivity index (χ1n) is 8.18. The van der Waals surface area contributed by atoms with Crippen molar-refractivity contribution in [2.75, 3.05) is 19.6 Å². The summed E-state index contributed by atoms with van der Waals surface area (Å²) in [5, 5.41) is 3.80. The molecule has 2 rings (SSSR count). The first kappa shape index (κ1) is 14.3. The van der Waals surface area contributed by atoms with E-state index in [0.717, 1.165) is 12.0 Å². The summed E-state index contributed by atoms with van der Waals surface area (Å²) < 4.78 is 0. The van der Waals surface area contributed by atoms with Gasteiger partial charge in [0.1, 0.15) is 0 Å². The molecule has 106 valence electrons. The Bertz CT molecular complexity index is 249. The van der Waals surface area contributed by atoms with Gasteiger partial charge in [0.15, 0.2) is 0 Å². The summed E-state index contributed by atoms with van der Waals surface area (Å²) >= 11 is 0. The van der Waals surface area contributed by atoms with E-state index in [1.807, 2.05) is 0 Å². The SMILES string of the molecule is CCCCC(CCC)N1CCNC(C)(C2CC2)C1. The Morgan fingerprint density at radius 3 is 2.61 bits per heavy atom. The van der Waals surface area contributed by atoms with Crippen molar-refractivity contribution in [1.82, 2.24) is 10.2 Å². The Morgan fingerprint density at radius 1 is 1.22 bits per heavy atom. The fraction of sp³-hybridized carbons (Fsp3) is 1.00. The van der Waals surface area contributed by atoms with E-state index in [9.17, 15) is 0 Å². The third-order valence-corrected chi connectivity index (χ3v) is 4.97. The molecule has 0 bridgehead atoms. The maximum atomic E-state index is 3.80. The van der Waals surface area contributed by atoms with Crippen LogP contribution in [0.2, 0.25) is 0 Å². The summed E-state index contributed by atoms with van der Waals surface area (Å²) in [5.41, 5.74) is 0.413. The molecular weight excluding hydrogens is 220 g/mol. The number of hydrogen-bond acceptors (Lipinski definition) is 2. The van der Waals surface area contributed by atoms with Gasteiger partial charge in [0.05, 0.1) is 0 Å². The molecule has 0 spiro atoms. The van der Waals surface area contributed by atoms with Gasteiger partial charge in [-0.3, -0.25) is 4.90 Å². The van der Waals surface area contributed by atoms with Gasteiger partial charge in [-0.05, 0) is 38.5 Å². The van der Waals surface area contributed by atoms with Crippen LogP contribution in [0.5, 0.6) is 0 Å². The van der Waals surface area contributed by atoms with Crippen LogP contribution in [-0.2, 0) is 0 Å². The number of rotatable bonds is 7. The van der Waals surface area contributed by atoms with E-state index in [4.69, 9.17) is 0 Å². The van der Waals surface area contributed by atoms with Crippen molar-refractivity contribution in [2.45, 2.75) is 77.3 Å². The minimum Gasteiger partial charge on any atom is -0.309 e. The molecule has 18 heavy (non-hydrogen) atoms. The molecule has 2 atom stereocenters. The molecule has 0 amide bonds. The second-order valence-corrected chi connectivity index (χ2v) is 6.67. The highest BCUT2D eigenvalue weighted by atomic mass is 15.2. The van der Waals surface area contributed by atoms with E-state index in [1.165, 1.54) is 64.6 Å². The second kappa shape index (κ2) is 6.38. The molecule has 0 aromatic rings. The molecule has 2 aliphatic rings. The van der Waals surface area contributed by atoms with Crippen LogP contribution < -0.4 is 5.32 Å². The van der Waals surface area contributed by atoms with E-state index >= 15 is 0 Å². The van der Waals surface area contributed by atoms with E-state index in [1.54, 1.807) is 0 Å². The van der Waals surface area contributed by atoms with Crippen molar-refractivity contribution < 1.29 is 0 Å². The summed E-state index contributed by atoms with van der Waals surface area (Å²) in [4.78, 5) is 2.80. The van der Waals surface area contributed by atoms with E-state index in [2.05, 4.69) is 31.0 Å². The van der Waals surface area contributed by atoms with Crippen LogP contribution in [0.25, 0.3) is 0 Å². The molecule has 0 aromatic heterocycles. The predicted octanol–water partition coefficient (Wildman–Crippen LogP) is 3.42. The zero-order valence-corrected chi connectivity index (χ0v) is 12.7. The van der Waals surface area contributed by atoms with Crippen molar-refractivity contribution in [3.05, 3.63) is 0 Å². The molecule has 2 nitrogen and oxygen atoms in total. The van der Waals surface area contributed by atoms with Gasteiger partial charge >= 0.3 is 0 Å². The largest absolute Gasteiger partial charge is 0.309 e. The van der Waals surface area contributed by atoms with E-state index in [-0.39, 0.29) is 0 Å². The molecule has 1 aliphatic carbocycles. The highest BCUT2D eigenvalue weighted by molar-refractivity contribution is 5.02. The average molecular weight is 252 g/mol. The summed E-state index contributed by atoms with van der Waals surface area (Å²) in [7, 11) is 0. The Morgan fingerprint density at radius 2 is 2.00 bits per heavy atom. The lowest BCUT2D eigenvalue weighted by molar-refractivity contribution is 0.0786. The Balaban J connectivity index is 1.91. The molecule has 2 heteroatoms. The molecule has 1 saturated carbocycles. The highest BCUT2D eigenvalue weighted by Crippen LogP contribution is 2.41. The van der Waals surface area contributed by atoms with Crippen LogP contribution in [0.1, 0.15) is 65.7 Å². The number of piperazine rings is 1. The van der Waals surface area contributed by atoms with Crippen LogP contribution in [0, 0.1) is 5.92 Å². The quantitative estimate of drug-likeness (QED) is 0.747. The first-order valence-corrected chi connectivity index (χ1v) is 8.18. The van der Waals surface area contributed by atoms with Gasteiger partial charge in [-0.15, -0.1) is 0 Å². The molecule has 1 aliphatic heterocycles. The summed E-state index contributed by atoms with van der Waals surface area (Å²) in [6, 6.07) is 0.843. The smallest absolute Gasteiger partial charge is 0.0309 e. The molecule has 0 aromatic carbocycles. The average Bonchev–Trinajstić information content (AvgIpc) is 3.19. The minimum atomic E-state index is 0.413. The van der Waals surface area contributed by atoms with Gasteiger partial charge < -0.3 is 5.32 Å². The monoisotopic (exact) mass is 252 g/mol. The van der Waals surface area contributed by atoms with Crippen LogP contribution in [0.3, 0.4) is 0 Å². The number of nitrogens with zero attached hydrogens (tertiary/aromatic N) is 1. The van der Waals surface area contributed by atoms with E-state index < -0.39 is 0 Å². The molecular formula is C16H32N2. The van der Waals surface area contributed by atoms with Gasteiger partial charge in [0.2, 0.25) is 0 Å². The lowest BCUT2D eigenvalue weighted by atomic mass is 9.90. The van der Waals surface area contributed by atoms with Crippen LogP contribution >= 0.6 is 0 Å². The van der Waals surface area contributed by atoms with Crippen molar-refractivity contribution in [3.8, 4) is 0 Å². The minimum absolute atomic E-state index is 0.413. The molecule has 1 saturated heterocycles. The normalized spacial score (nSPS) is 31.5. The van der Waals surface area contributed by atoms with Gasteiger partial charge in [-0.2, -0.15) is 0 Å². The lowest BCUT2D eigenvalue weighted by Crippen LogP contribution is -2.62. The Hall–Kier alpha value is -0.0800. The van der Waals surface area contributed by atoms with Crippen molar-refractivity contribution in [3.63, 3.8) is 0 Å². The number of hydrogen-bond donors (Lipinski definition) is 1. The molecule has 1 N–H and O–H groups in total. The fourth-order valence-corrected chi connectivity index (χ4v) is 3.63. The summed E-state index contributed by atoms with van der Waals surface area (Å²) in [6.45, 7) is 10.8. The summed E-state index contributed by atoms with van der Waals surface area (Å²) in [5.74, 6) is 0.953. The third kappa shape index (κ3) is 3.48. The van der Waals surface area contributed by atoms with Crippen LogP contribution in [0.4, 0.5) is 0 Å². The second-order valence-electron chi connectivity index (χ2n) is 6.67. The zero-order valence-electron chi connectivity index (χ0n) is 12.7. The lowest BCUT2D eigenvalue weighted by Gasteiger charge is -2.45.